The van der Waals surface area contributed by atoms with Gasteiger partial charge in [-0.05, 0) is 53.3 Å². The van der Waals surface area contributed by atoms with E-state index in [1.54, 1.807) is 0 Å². The van der Waals surface area contributed by atoms with Gasteiger partial charge in [0.25, 0.3) is 0 Å². The summed E-state index contributed by atoms with van der Waals surface area (Å²) < 4.78 is 1.28. The van der Waals surface area contributed by atoms with Gasteiger partial charge in [0.15, 0.2) is 0 Å². The van der Waals surface area contributed by atoms with Crippen molar-refractivity contribution >= 4 is 22.0 Å². The molecule has 3 rings (SSSR count). The molecule has 0 saturated carbocycles. The topological polar surface area (TPSA) is 0 Å². The lowest BCUT2D eigenvalue weighted by Crippen LogP contribution is -1.94. The molecular weight excluding hydrogens is 284 g/mol. The molecule has 1 aliphatic rings. The third kappa shape index (κ3) is 1.83. The summed E-state index contributed by atoms with van der Waals surface area (Å²) in [6.07, 6.45) is 3.29. The van der Waals surface area contributed by atoms with Crippen molar-refractivity contribution in [2.24, 2.45) is 0 Å². The molecule has 1 aliphatic carbocycles. The van der Waals surface area contributed by atoms with Crippen molar-refractivity contribution in [2.75, 3.05) is 0 Å². The summed E-state index contributed by atoms with van der Waals surface area (Å²) in [5.74, 6) is 0. The van der Waals surface area contributed by atoms with Gasteiger partial charge in [-0.3, -0.25) is 0 Å². The van der Waals surface area contributed by atoms with Crippen molar-refractivity contribution in [3.05, 3.63) is 63.1 Å². The molecule has 18 heavy (non-hydrogen) atoms. The second-order valence-electron chi connectivity index (χ2n) is 4.90. The number of hydrogen-bond acceptors (Lipinski definition) is 0. The molecule has 0 bridgehead atoms. The van der Waals surface area contributed by atoms with Crippen LogP contribution >= 0.6 is 15.9 Å². The molecule has 1 heteroatoms. The van der Waals surface area contributed by atoms with Crippen LogP contribution < -0.4 is 0 Å². The standard InChI is InChI=1S/C17H15Br/c1-11-8-14-9-15(18)10-16(14)17(12(11)2)13-6-4-3-5-7-13/h3-8,10H,9H2,1-2H3. The van der Waals surface area contributed by atoms with Crippen LogP contribution in [-0.4, -0.2) is 0 Å². The summed E-state index contributed by atoms with van der Waals surface area (Å²) in [6.45, 7) is 4.42. The van der Waals surface area contributed by atoms with Crippen LogP contribution in [0.25, 0.3) is 17.2 Å². The van der Waals surface area contributed by atoms with E-state index in [0.717, 1.165) is 6.42 Å². The fourth-order valence-electron chi connectivity index (χ4n) is 2.68. The molecule has 0 heterocycles. The molecule has 0 unspecified atom stereocenters. The number of halogens is 1. The minimum Gasteiger partial charge on any atom is -0.0622 e. The molecule has 0 N–H and O–H groups in total. The predicted octanol–water partition coefficient (Wildman–Crippen LogP) is 5.26. The minimum atomic E-state index is 1.02. The SMILES string of the molecule is Cc1cc2c(c(-c3ccccc3)c1C)C=C(Br)C2. The summed E-state index contributed by atoms with van der Waals surface area (Å²) >= 11 is 3.64. The molecule has 0 aliphatic heterocycles. The highest BCUT2D eigenvalue weighted by Gasteiger charge is 2.18. The summed E-state index contributed by atoms with van der Waals surface area (Å²) in [6, 6.07) is 13.0. The Labute approximate surface area is 116 Å². The van der Waals surface area contributed by atoms with Crippen LogP contribution in [0.3, 0.4) is 0 Å². The van der Waals surface area contributed by atoms with E-state index < -0.39 is 0 Å². The van der Waals surface area contributed by atoms with E-state index >= 15 is 0 Å². The summed E-state index contributed by atoms with van der Waals surface area (Å²) in [5, 5.41) is 0. The van der Waals surface area contributed by atoms with E-state index in [1.807, 2.05) is 0 Å². The van der Waals surface area contributed by atoms with Crippen LogP contribution in [0.5, 0.6) is 0 Å². The zero-order chi connectivity index (χ0) is 12.7. The van der Waals surface area contributed by atoms with Gasteiger partial charge in [0, 0.05) is 10.9 Å². The largest absolute Gasteiger partial charge is 0.0622 e. The molecule has 0 amide bonds. The number of hydrogen-bond donors (Lipinski definition) is 0. The first-order chi connectivity index (χ1) is 8.66. The molecule has 0 radical (unpaired) electrons. The van der Waals surface area contributed by atoms with E-state index in [2.05, 4.69) is 72.3 Å². The van der Waals surface area contributed by atoms with E-state index in [-0.39, 0.29) is 0 Å². The van der Waals surface area contributed by atoms with Gasteiger partial charge in [-0.1, -0.05) is 52.3 Å². The van der Waals surface area contributed by atoms with E-state index in [0.29, 0.717) is 0 Å². The Morgan fingerprint density at radius 3 is 2.50 bits per heavy atom. The second-order valence-corrected chi connectivity index (χ2v) is 5.92. The van der Waals surface area contributed by atoms with Gasteiger partial charge in [-0.2, -0.15) is 0 Å². The first-order valence-corrected chi connectivity index (χ1v) is 7.00. The smallest absolute Gasteiger partial charge is 0.00471 e. The monoisotopic (exact) mass is 298 g/mol. The lowest BCUT2D eigenvalue weighted by atomic mass is 9.90. The highest BCUT2D eigenvalue weighted by molar-refractivity contribution is 9.11. The number of aryl methyl sites for hydroxylation is 1. The Morgan fingerprint density at radius 2 is 1.78 bits per heavy atom. The molecule has 0 spiro atoms. The zero-order valence-electron chi connectivity index (χ0n) is 10.6. The predicted molar refractivity (Wildman–Crippen MR) is 82.0 cm³/mol. The van der Waals surface area contributed by atoms with Gasteiger partial charge in [0.05, 0.1) is 0 Å². The van der Waals surface area contributed by atoms with Crippen molar-refractivity contribution in [3.63, 3.8) is 0 Å². The van der Waals surface area contributed by atoms with E-state index in [1.165, 1.54) is 37.9 Å². The maximum absolute atomic E-state index is 3.64. The van der Waals surface area contributed by atoms with Crippen molar-refractivity contribution in [3.8, 4) is 11.1 Å². The molecule has 0 atom stereocenters. The van der Waals surface area contributed by atoms with E-state index in [4.69, 9.17) is 0 Å². The molecule has 0 aromatic heterocycles. The molecule has 2 aromatic rings. The van der Waals surface area contributed by atoms with Crippen molar-refractivity contribution in [2.45, 2.75) is 20.3 Å². The fraction of sp³-hybridized carbons (Fsp3) is 0.176. The maximum Gasteiger partial charge on any atom is 0.00471 e. The third-order valence-corrected chi connectivity index (χ3v) is 4.20. The minimum absolute atomic E-state index is 1.02. The van der Waals surface area contributed by atoms with Gasteiger partial charge in [0.2, 0.25) is 0 Å². The first kappa shape index (κ1) is 11.7. The van der Waals surface area contributed by atoms with Gasteiger partial charge < -0.3 is 0 Å². The summed E-state index contributed by atoms with van der Waals surface area (Å²) in [5.41, 5.74) is 8.29. The number of allylic oxidation sites excluding steroid dienone is 1. The Morgan fingerprint density at radius 1 is 1.06 bits per heavy atom. The molecule has 2 aromatic carbocycles. The lowest BCUT2D eigenvalue weighted by Gasteiger charge is -2.14. The van der Waals surface area contributed by atoms with Gasteiger partial charge in [-0.25, -0.2) is 0 Å². The first-order valence-electron chi connectivity index (χ1n) is 6.21. The highest BCUT2D eigenvalue weighted by Crippen LogP contribution is 2.39. The summed E-state index contributed by atoms with van der Waals surface area (Å²) in [7, 11) is 0. The molecular formula is C17H15Br. The van der Waals surface area contributed by atoms with E-state index in [9.17, 15) is 0 Å². The van der Waals surface area contributed by atoms with Crippen molar-refractivity contribution in [1.29, 1.82) is 0 Å². The third-order valence-electron chi connectivity index (χ3n) is 3.70. The number of benzene rings is 2. The number of fused-ring (bicyclic) bond motifs is 1. The molecule has 0 fully saturated rings. The fourth-order valence-corrected chi connectivity index (χ4v) is 3.22. The average molecular weight is 299 g/mol. The van der Waals surface area contributed by atoms with Crippen LogP contribution in [0.1, 0.15) is 22.3 Å². The number of rotatable bonds is 1. The van der Waals surface area contributed by atoms with Crippen molar-refractivity contribution in [1.82, 2.24) is 0 Å². The highest BCUT2D eigenvalue weighted by atomic mass is 79.9. The van der Waals surface area contributed by atoms with Crippen LogP contribution in [0.4, 0.5) is 0 Å². The van der Waals surface area contributed by atoms with Crippen LogP contribution in [0.2, 0.25) is 0 Å². The Hall–Kier alpha value is -1.34. The average Bonchev–Trinajstić information content (AvgIpc) is 2.71. The Balaban J connectivity index is 2.32. The Kier molecular flexibility index (Phi) is 2.87. The van der Waals surface area contributed by atoms with Gasteiger partial charge in [-0.15, -0.1) is 0 Å². The maximum atomic E-state index is 3.64. The summed E-state index contributed by atoms with van der Waals surface area (Å²) in [4.78, 5) is 0. The molecule has 0 saturated heterocycles. The Bertz CT molecular complexity index is 636. The molecule has 90 valence electrons. The van der Waals surface area contributed by atoms with Gasteiger partial charge in [0.1, 0.15) is 0 Å². The van der Waals surface area contributed by atoms with Crippen LogP contribution in [0.15, 0.2) is 40.9 Å². The van der Waals surface area contributed by atoms with Crippen LogP contribution in [-0.2, 0) is 6.42 Å². The quantitative estimate of drug-likeness (QED) is 0.673. The van der Waals surface area contributed by atoms with Crippen molar-refractivity contribution < 1.29 is 0 Å². The second kappa shape index (κ2) is 4.40. The van der Waals surface area contributed by atoms with Crippen LogP contribution in [0, 0.1) is 13.8 Å². The molecule has 0 nitrogen and oxygen atoms in total. The van der Waals surface area contributed by atoms with Gasteiger partial charge >= 0.3 is 0 Å². The zero-order valence-corrected chi connectivity index (χ0v) is 12.2. The normalized spacial score (nSPS) is 13.4. The lowest BCUT2D eigenvalue weighted by molar-refractivity contribution is 1.24.